The quantitative estimate of drug-likeness (QED) is 0.233. The Labute approximate surface area is 200 Å². The van der Waals surface area contributed by atoms with Crippen molar-refractivity contribution in [3.05, 3.63) is 84.9 Å². The van der Waals surface area contributed by atoms with Crippen molar-refractivity contribution in [1.82, 2.24) is 15.3 Å². The van der Waals surface area contributed by atoms with Crippen molar-refractivity contribution in [3.8, 4) is 5.75 Å². The average Bonchev–Trinajstić information content (AvgIpc) is 2.86. The number of hydrogen-bond acceptors (Lipinski definition) is 6. The first-order valence-corrected chi connectivity index (χ1v) is 11.1. The van der Waals surface area contributed by atoms with Crippen molar-refractivity contribution in [2.45, 2.75) is 20.3 Å². The van der Waals surface area contributed by atoms with E-state index in [0.29, 0.717) is 35.2 Å². The van der Waals surface area contributed by atoms with Crippen molar-refractivity contribution < 1.29 is 9.53 Å². The van der Waals surface area contributed by atoms with E-state index in [-0.39, 0.29) is 5.91 Å². The Kier molecular flexibility index (Phi) is 8.68. The molecular formula is C27H29N5O2. The third kappa shape index (κ3) is 5.95. The molecule has 0 aliphatic heterocycles. The molecule has 1 aromatic heterocycles. The Hall–Kier alpha value is -4.26. The number of benzene rings is 2. The maximum atomic E-state index is 12.7. The van der Waals surface area contributed by atoms with E-state index in [1.807, 2.05) is 68.6 Å². The van der Waals surface area contributed by atoms with Gasteiger partial charge in [0.25, 0.3) is 5.91 Å². The number of nitrogens with one attached hydrogen (secondary N) is 2. The Morgan fingerprint density at radius 3 is 2.76 bits per heavy atom. The zero-order chi connectivity index (χ0) is 24.3. The molecule has 0 radical (unpaired) electrons. The van der Waals surface area contributed by atoms with E-state index >= 15 is 0 Å². The monoisotopic (exact) mass is 455 g/mol. The highest BCUT2D eigenvalue weighted by Gasteiger charge is 2.15. The molecule has 3 rings (SSSR count). The average molecular weight is 456 g/mol. The van der Waals surface area contributed by atoms with Gasteiger partial charge >= 0.3 is 0 Å². The van der Waals surface area contributed by atoms with Crippen LogP contribution < -0.4 is 15.4 Å². The molecule has 1 heterocycles. The fourth-order valence-electron chi connectivity index (χ4n) is 3.23. The molecule has 3 aromatic rings. The van der Waals surface area contributed by atoms with Crippen LogP contribution in [0.4, 0.5) is 11.5 Å². The zero-order valence-electron chi connectivity index (χ0n) is 19.7. The number of aliphatic imine (C=N–C) groups is 1. The standard InChI is InChI=1S/C27H29N5O2/c1-5-10-19(18-28-15-6-2)25-30-24-14-13-20(34-4)17-22(24)26(32-25)31-23-12-9-8-11-21(23)27(33)29-16-7-3/h5,7-15,17-18H,3,6,16H2,1-2,4H3,(H,29,33)(H,30,31,32)/b10-5+,19-18+,28-15?. The van der Waals surface area contributed by atoms with Crippen LogP contribution in [0.2, 0.25) is 0 Å². The Balaban J connectivity index is 2.16. The molecule has 0 aliphatic rings. The van der Waals surface area contributed by atoms with Gasteiger partial charge in [0.05, 0.1) is 23.9 Å². The lowest BCUT2D eigenvalue weighted by Crippen LogP contribution is -2.24. The van der Waals surface area contributed by atoms with E-state index in [0.717, 1.165) is 22.9 Å². The van der Waals surface area contributed by atoms with Crippen molar-refractivity contribution in [1.29, 1.82) is 0 Å². The molecule has 7 nitrogen and oxygen atoms in total. The van der Waals surface area contributed by atoms with Gasteiger partial charge in [-0.3, -0.25) is 9.79 Å². The summed E-state index contributed by atoms with van der Waals surface area (Å²) in [5.41, 5.74) is 2.62. The predicted octanol–water partition coefficient (Wildman–Crippen LogP) is 5.70. The van der Waals surface area contributed by atoms with Gasteiger partial charge in [-0.1, -0.05) is 37.3 Å². The number of methoxy groups -OCH3 is 1. The van der Waals surface area contributed by atoms with Crippen LogP contribution in [-0.2, 0) is 0 Å². The van der Waals surface area contributed by atoms with Crippen LogP contribution in [0.15, 0.2) is 78.5 Å². The molecule has 0 saturated carbocycles. The highest BCUT2D eigenvalue weighted by molar-refractivity contribution is 6.02. The van der Waals surface area contributed by atoms with Gasteiger partial charge in [0.1, 0.15) is 11.6 Å². The number of rotatable bonds is 10. The maximum absolute atomic E-state index is 12.7. The predicted molar refractivity (Wildman–Crippen MR) is 140 cm³/mol. The van der Waals surface area contributed by atoms with Crippen molar-refractivity contribution in [2.75, 3.05) is 19.0 Å². The molecule has 0 saturated heterocycles. The molecule has 0 spiro atoms. The lowest BCUT2D eigenvalue weighted by Gasteiger charge is -2.15. The van der Waals surface area contributed by atoms with Crippen molar-refractivity contribution >= 4 is 40.1 Å². The first-order chi connectivity index (χ1) is 16.6. The number of anilines is 2. The maximum Gasteiger partial charge on any atom is 0.253 e. The highest BCUT2D eigenvalue weighted by atomic mass is 16.5. The smallest absolute Gasteiger partial charge is 0.253 e. The number of aromatic nitrogens is 2. The van der Waals surface area contributed by atoms with Gasteiger partial charge in [-0.15, -0.1) is 6.58 Å². The fraction of sp³-hybridized carbons (Fsp3) is 0.185. The van der Waals surface area contributed by atoms with Gasteiger partial charge in [-0.2, -0.15) is 0 Å². The summed E-state index contributed by atoms with van der Waals surface area (Å²) in [6.45, 7) is 7.99. The number of carbonyl (C=O) groups excluding carboxylic acids is 1. The van der Waals surface area contributed by atoms with E-state index in [4.69, 9.17) is 14.7 Å². The van der Waals surface area contributed by atoms with E-state index in [9.17, 15) is 4.79 Å². The van der Waals surface area contributed by atoms with E-state index in [1.165, 1.54) is 0 Å². The number of carbonyl (C=O) groups is 1. The minimum atomic E-state index is -0.206. The van der Waals surface area contributed by atoms with Gasteiger partial charge in [0.2, 0.25) is 0 Å². The first kappa shape index (κ1) is 24.4. The number of hydrogen-bond donors (Lipinski definition) is 2. The van der Waals surface area contributed by atoms with Crippen LogP contribution >= 0.6 is 0 Å². The van der Waals surface area contributed by atoms with Gasteiger partial charge < -0.3 is 15.4 Å². The summed E-state index contributed by atoms with van der Waals surface area (Å²) in [5.74, 6) is 1.54. The molecule has 0 bridgehead atoms. The Morgan fingerprint density at radius 1 is 1.21 bits per heavy atom. The van der Waals surface area contributed by atoms with Crippen LogP contribution in [0.3, 0.4) is 0 Å². The summed E-state index contributed by atoms with van der Waals surface area (Å²) in [6, 6.07) is 12.9. The molecular weight excluding hydrogens is 426 g/mol. The third-order valence-electron chi connectivity index (χ3n) is 4.84. The van der Waals surface area contributed by atoms with Crippen LogP contribution in [0, 0.1) is 0 Å². The normalized spacial score (nSPS) is 11.8. The number of allylic oxidation sites excluding steroid dienone is 3. The Morgan fingerprint density at radius 2 is 2.03 bits per heavy atom. The molecule has 2 N–H and O–H groups in total. The van der Waals surface area contributed by atoms with Gasteiger partial charge in [0.15, 0.2) is 5.82 Å². The third-order valence-corrected chi connectivity index (χ3v) is 4.84. The largest absolute Gasteiger partial charge is 0.497 e. The minimum Gasteiger partial charge on any atom is -0.497 e. The summed E-state index contributed by atoms with van der Waals surface area (Å²) < 4.78 is 5.42. The lowest BCUT2D eigenvalue weighted by molar-refractivity contribution is 0.0959. The van der Waals surface area contributed by atoms with Gasteiger partial charge in [-0.05, 0) is 43.7 Å². The zero-order valence-corrected chi connectivity index (χ0v) is 19.7. The minimum absolute atomic E-state index is 0.206. The second-order valence-electron chi connectivity index (χ2n) is 7.27. The summed E-state index contributed by atoms with van der Waals surface area (Å²) >= 11 is 0. The van der Waals surface area contributed by atoms with Crippen LogP contribution in [0.1, 0.15) is 36.5 Å². The highest BCUT2D eigenvalue weighted by Crippen LogP contribution is 2.30. The molecule has 0 fully saturated rings. The van der Waals surface area contributed by atoms with Crippen LogP contribution in [-0.4, -0.2) is 35.7 Å². The molecule has 34 heavy (non-hydrogen) atoms. The summed E-state index contributed by atoms with van der Waals surface area (Å²) in [7, 11) is 1.61. The lowest BCUT2D eigenvalue weighted by atomic mass is 10.1. The number of nitrogens with zero attached hydrogens (tertiary/aromatic N) is 3. The van der Waals surface area contributed by atoms with Crippen LogP contribution in [0.5, 0.6) is 5.75 Å². The second-order valence-corrected chi connectivity index (χ2v) is 7.27. The topological polar surface area (TPSA) is 88.5 Å². The number of ether oxygens (including phenoxy) is 1. The van der Waals surface area contributed by atoms with Crippen molar-refractivity contribution in [3.63, 3.8) is 0 Å². The summed E-state index contributed by atoms with van der Waals surface area (Å²) in [5, 5.41) is 6.93. The molecule has 0 unspecified atom stereocenters. The van der Waals surface area contributed by atoms with Gasteiger partial charge in [-0.25, -0.2) is 9.97 Å². The molecule has 1 amide bonds. The molecule has 2 aromatic carbocycles. The molecule has 0 aliphatic carbocycles. The van der Waals surface area contributed by atoms with E-state index in [1.54, 1.807) is 25.5 Å². The van der Waals surface area contributed by atoms with E-state index in [2.05, 4.69) is 22.2 Å². The number of para-hydroxylation sites is 1. The van der Waals surface area contributed by atoms with Gasteiger partial charge in [0, 0.05) is 29.9 Å². The second kappa shape index (κ2) is 12.1. The molecule has 0 atom stereocenters. The summed E-state index contributed by atoms with van der Waals surface area (Å²) in [6.07, 6.45) is 9.87. The van der Waals surface area contributed by atoms with Crippen LogP contribution in [0.25, 0.3) is 16.5 Å². The number of amides is 1. The van der Waals surface area contributed by atoms with E-state index < -0.39 is 0 Å². The number of fused-ring (bicyclic) bond motifs is 1. The van der Waals surface area contributed by atoms with Crippen molar-refractivity contribution in [2.24, 2.45) is 4.99 Å². The SMILES string of the molecule is C=CCNC(=O)c1ccccc1Nc1nc(C(/C=C/C)=C/N=CCC)nc2ccc(OC)cc12. The molecule has 174 valence electrons. The first-order valence-electron chi connectivity index (χ1n) is 11.1. The molecule has 7 heteroatoms. The Bertz CT molecular complexity index is 1260. The fourth-order valence-corrected chi connectivity index (χ4v) is 3.23. The summed E-state index contributed by atoms with van der Waals surface area (Å²) in [4.78, 5) is 26.6.